The standard InChI is InChI=1S/C8H13O2/c1-5-7(9)10-8(3,4)6-2/h5H,1-2,6H2,3-4H3. The van der Waals surface area contributed by atoms with Crippen molar-refractivity contribution in [3.05, 3.63) is 19.6 Å². The van der Waals surface area contributed by atoms with E-state index in [1.807, 2.05) is 0 Å². The largest absolute Gasteiger partial charge is 0.457 e. The first-order chi connectivity index (χ1) is 4.52. The van der Waals surface area contributed by atoms with Crippen molar-refractivity contribution in [3.8, 4) is 0 Å². The van der Waals surface area contributed by atoms with Crippen LogP contribution in [-0.2, 0) is 9.53 Å². The lowest BCUT2D eigenvalue weighted by molar-refractivity contribution is -0.149. The fourth-order valence-corrected chi connectivity index (χ4v) is 0.365. The van der Waals surface area contributed by atoms with E-state index in [2.05, 4.69) is 13.5 Å². The number of rotatable bonds is 3. The van der Waals surface area contributed by atoms with Crippen LogP contribution >= 0.6 is 0 Å². The average Bonchev–Trinajstić information content (AvgIpc) is 1.87. The second kappa shape index (κ2) is 3.40. The van der Waals surface area contributed by atoms with Crippen LogP contribution in [0.3, 0.4) is 0 Å². The zero-order valence-electron chi connectivity index (χ0n) is 6.52. The number of esters is 1. The molecule has 0 atom stereocenters. The molecule has 0 aromatic heterocycles. The van der Waals surface area contributed by atoms with E-state index in [-0.39, 0.29) is 0 Å². The van der Waals surface area contributed by atoms with Crippen molar-refractivity contribution >= 4 is 5.97 Å². The minimum absolute atomic E-state index is 0.395. The highest BCUT2D eigenvalue weighted by molar-refractivity contribution is 5.81. The fraction of sp³-hybridized carbons (Fsp3) is 0.500. The summed E-state index contributed by atoms with van der Waals surface area (Å²) >= 11 is 0. The SMILES string of the molecule is [CH2]CC(C)(C)OC(=O)C=C. The Balaban J connectivity index is 3.87. The molecular weight excluding hydrogens is 128 g/mol. The van der Waals surface area contributed by atoms with Gasteiger partial charge >= 0.3 is 5.97 Å². The third-order valence-electron chi connectivity index (χ3n) is 1.15. The quantitative estimate of drug-likeness (QED) is 0.442. The summed E-state index contributed by atoms with van der Waals surface area (Å²) in [5.41, 5.74) is -0.467. The van der Waals surface area contributed by atoms with Gasteiger partial charge in [0.15, 0.2) is 0 Å². The van der Waals surface area contributed by atoms with Gasteiger partial charge in [-0.3, -0.25) is 0 Å². The van der Waals surface area contributed by atoms with Gasteiger partial charge in [0.1, 0.15) is 5.60 Å². The van der Waals surface area contributed by atoms with Gasteiger partial charge in [-0.2, -0.15) is 0 Å². The van der Waals surface area contributed by atoms with E-state index in [4.69, 9.17) is 4.74 Å². The van der Waals surface area contributed by atoms with Crippen molar-refractivity contribution < 1.29 is 9.53 Å². The van der Waals surface area contributed by atoms with Gasteiger partial charge in [0.05, 0.1) is 0 Å². The molecule has 0 fully saturated rings. The van der Waals surface area contributed by atoms with Gasteiger partial charge in [0, 0.05) is 6.08 Å². The molecule has 57 valence electrons. The summed E-state index contributed by atoms with van der Waals surface area (Å²) in [5, 5.41) is 0. The Labute approximate surface area is 61.9 Å². The molecule has 0 rings (SSSR count). The molecule has 10 heavy (non-hydrogen) atoms. The molecule has 0 aliphatic carbocycles. The van der Waals surface area contributed by atoms with Crippen LogP contribution in [0.4, 0.5) is 0 Å². The molecule has 1 radical (unpaired) electrons. The van der Waals surface area contributed by atoms with Gasteiger partial charge in [-0.25, -0.2) is 4.79 Å². The Hall–Kier alpha value is -0.790. The maximum Gasteiger partial charge on any atom is 0.330 e. The highest BCUT2D eigenvalue weighted by Crippen LogP contribution is 2.12. The molecule has 0 aromatic carbocycles. The van der Waals surface area contributed by atoms with Gasteiger partial charge in [-0.15, -0.1) is 0 Å². The monoisotopic (exact) mass is 141 g/mol. The van der Waals surface area contributed by atoms with Crippen LogP contribution in [0.25, 0.3) is 0 Å². The zero-order valence-corrected chi connectivity index (χ0v) is 6.52. The number of carbonyl (C=O) groups is 1. The van der Waals surface area contributed by atoms with Crippen LogP contribution in [0.1, 0.15) is 20.3 Å². The molecule has 0 bridgehead atoms. The highest BCUT2D eigenvalue weighted by atomic mass is 16.6. The lowest BCUT2D eigenvalue weighted by Crippen LogP contribution is -2.25. The summed E-state index contributed by atoms with van der Waals surface area (Å²) in [5.74, 6) is -0.395. The number of hydrogen-bond acceptors (Lipinski definition) is 2. The molecule has 0 saturated carbocycles. The Morgan fingerprint density at radius 3 is 2.50 bits per heavy atom. The number of ether oxygens (including phenoxy) is 1. The molecular formula is C8H13O2. The average molecular weight is 141 g/mol. The smallest absolute Gasteiger partial charge is 0.330 e. The van der Waals surface area contributed by atoms with E-state index < -0.39 is 11.6 Å². The van der Waals surface area contributed by atoms with Crippen LogP contribution in [0.5, 0.6) is 0 Å². The van der Waals surface area contributed by atoms with E-state index in [1.54, 1.807) is 13.8 Å². The third-order valence-corrected chi connectivity index (χ3v) is 1.15. The molecule has 0 saturated heterocycles. The van der Waals surface area contributed by atoms with E-state index in [1.165, 1.54) is 0 Å². The summed E-state index contributed by atoms with van der Waals surface area (Å²) in [6.07, 6.45) is 1.71. The molecule has 0 spiro atoms. The van der Waals surface area contributed by atoms with Gasteiger partial charge in [-0.05, 0) is 27.2 Å². The molecule has 0 heterocycles. The highest BCUT2D eigenvalue weighted by Gasteiger charge is 2.18. The maximum absolute atomic E-state index is 10.6. The van der Waals surface area contributed by atoms with Crippen LogP contribution < -0.4 is 0 Å². The molecule has 0 amide bonds. The molecule has 0 aliphatic heterocycles. The lowest BCUT2D eigenvalue weighted by Gasteiger charge is -2.21. The van der Waals surface area contributed by atoms with Gasteiger partial charge in [0.2, 0.25) is 0 Å². The summed E-state index contributed by atoms with van der Waals surface area (Å²) in [6, 6.07) is 0. The van der Waals surface area contributed by atoms with Crippen LogP contribution in [0.2, 0.25) is 0 Å². The van der Waals surface area contributed by atoms with Crippen molar-refractivity contribution in [1.29, 1.82) is 0 Å². The zero-order chi connectivity index (χ0) is 8.20. The summed E-state index contributed by atoms with van der Waals surface area (Å²) in [6.45, 7) is 10.5. The van der Waals surface area contributed by atoms with Crippen LogP contribution in [-0.4, -0.2) is 11.6 Å². The van der Waals surface area contributed by atoms with E-state index in [0.29, 0.717) is 6.42 Å². The maximum atomic E-state index is 10.6. The second-order valence-electron chi connectivity index (χ2n) is 2.63. The Kier molecular flexibility index (Phi) is 3.13. The first kappa shape index (κ1) is 9.21. The van der Waals surface area contributed by atoms with Gasteiger partial charge in [0.25, 0.3) is 0 Å². The van der Waals surface area contributed by atoms with Crippen molar-refractivity contribution in [2.45, 2.75) is 25.9 Å². The number of hydrogen-bond donors (Lipinski definition) is 0. The Bertz CT molecular complexity index is 136. The normalized spacial score (nSPS) is 10.7. The fourth-order valence-electron chi connectivity index (χ4n) is 0.365. The van der Waals surface area contributed by atoms with Gasteiger partial charge in [-0.1, -0.05) is 6.58 Å². The van der Waals surface area contributed by atoms with E-state index >= 15 is 0 Å². The van der Waals surface area contributed by atoms with E-state index in [9.17, 15) is 4.79 Å². The van der Waals surface area contributed by atoms with Crippen molar-refractivity contribution in [2.75, 3.05) is 0 Å². The summed E-state index contributed by atoms with van der Waals surface area (Å²) in [7, 11) is 0. The minimum atomic E-state index is -0.467. The topological polar surface area (TPSA) is 26.3 Å². The number of carbonyl (C=O) groups excluding carboxylic acids is 1. The predicted molar refractivity (Wildman–Crippen MR) is 40.3 cm³/mol. The van der Waals surface area contributed by atoms with Gasteiger partial charge < -0.3 is 4.74 Å². The van der Waals surface area contributed by atoms with Crippen LogP contribution in [0.15, 0.2) is 12.7 Å². The first-order valence-corrected chi connectivity index (χ1v) is 3.16. The molecule has 0 N–H and O–H groups in total. The Morgan fingerprint density at radius 1 is 1.70 bits per heavy atom. The van der Waals surface area contributed by atoms with Crippen LogP contribution in [0, 0.1) is 6.92 Å². The molecule has 0 aliphatic rings. The predicted octanol–water partition coefficient (Wildman–Crippen LogP) is 1.72. The van der Waals surface area contributed by atoms with Crippen molar-refractivity contribution in [3.63, 3.8) is 0 Å². The molecule has 0 aromatic rings. The molecule has 2 heteroatoms. The molecule has 0 unspecified atom stereocenters. The first-order valence-electron chi connectivity index (χ1n) is 3.16. The lowest BCUT2D eigenvalue weighted by atomic mass is 10.1. The minimum Gasteiger partial charge on any atom is -0.457 e. The van der Waals surface area contributed by atoms with E-state index in [0.717, 1.165) is 6.08 Å². The third kappa shape index (κ3) is 3.28. The summed E-state index contributed by atoms with van der Waals surface area (Å²) < 4.78 is 4.92. The van der Waals surface area contributed by atoms with Crippen molar-refractivity contribution in [2.24, 2.45) is 0 Å². The molecule has 2 nitrogen and oxygen atoms in total. The van der Waals surface area contributed by atoms with Crippen molar-refractivity contribution in [1.82, 2.24) is 0 Å². The second-order valence-corrected chi connectivity index (χ2v) is 2.63. The Morgan fingerprint density at radius 2 is 2.20 bits per heavy atom. The summed E-state index contributed by atoms with van der Waals surface area (Å²) in [4.78, 5) is 10.6.